The van der Waals surface area contributed by atoms with Crippen LogP contribution in [0.25, 0.3) is 0 Å². The summed E-state index contributed by atoms with van der Waals surface area (Å²) in [5.41, 5.74) is 11.4. The van der Waals surface area contributed by atoms with E-state index in [-0.39, 0.29) is 0 Å². The minimum Gasteiger partial charge on any atom is -0.390 e. The van der Waals surface area contributed by atoms with Gasteiger partial charge in [0.25, 0.3) is 0 Å². The first-order valence-corrected chi connectivity index (χ1v) is 4.32. The van der Waals surface area contributed by atoms with E-state index in [1.807, 2.05) is 30.3 Å². The Morgan fingerprint density at radius 1 is 1.31 bits per heavy atom. The van der Waals surface area contributed by atoms with Gasteiger partial charge in [-0.15, -0.1) is 0 Å². The minimum absolute atomic E-state index is 0.478. The Morgan fingerprint density at radius 2 is 1.85 bits per heavy atom. The Morgan fingerprint density at radius 3 is 2.31 bits per heavy atom. The second kappa shape index (κ2) is 3.87. The number of benzene rings is 1. The molecular formula is C10H16N2O. The van der Waals surface area contributed by atoms with Gasteiger partial charge in [0, 0.05) is 6.42 Å². The van der Waals surface area contributed by atoms with Crippen LogP contribution in [0.4, 0.5) is 0 Å². The molecule has 5 N–H and O–H groups in total. The lowest BCUT2D eigenvalue weighted by atomic mass is 9.97. The van der Waals surface area contributed by atoms with E-state index in [2.05, 4.69) is 0 Å². The number of aliphatic hydroxyl groups is 1. The van der Waals surface area contributed by atoms with Gasteiger partial charge in [0.15, 0.2) is 0 Å². The summed E-state index contributed by atoms with van der Waals surface area (Å²) in [7, 11) is 0. The lowest BCUT2D eigenvalue weighted by molar-refractivity contribution is 0.104. The van der Waals surface area contributed by atoms with Crippen LogP contribution in [0.1, 0.15) is 12.5 Å². The van der Waals surface area contributed by atoms with Crippen LogP contribution in [-0.2, 0) is 6.42 Å². The molecule has 1 aromatic rings. The number of hydrogen-bond donors (Lipinski definition) is 3. The van der Waals surface area contributed by atoms with E-state index < -0.39 is 11.8 Å². The van der Waals surface area contributed by atoms with E-state index >= 15 is 0 Å². The highest BCUT2D eigenvalue weighted by molar-refractivity contribution is 5.17. The summed E-state index contributed by atoms with van der Waals surface area (Å²) in [4.78, 5) is 0. The van der Waals surface area contributed by atoms with Gasteiger partial charge in [-0.2, -0.15) is 0 Å². The van der Waals surface area contributed by atoms with Crippen molar-refractivity contribution in [3.8, 4) is 0 Å². The van der Waals surface area contributed by atoms with Gasteiger partial charge < -0.3 is 16.6 Å². The van der Waals surface area contributed by atoms with Crippen molar-refractivity contribution in [2.45, 2.75) is 25.1 Å². The molecule has 1 rings (SSSR count). The van der Waals surface area contributed by atoms with Crippen molar-refractivity contribution in [1.29, 1.82) is 0 Å². The van der Waals surface area contributed by atoms with Crippen molar-refractivity contribution < 1.29 is 5.11 Å². The normalized spacial score (nSPS) is 14.2. The van der Waals surface area contributed by atoms with E-state index in [1.165, 1.54) is 0 Å². The van der Waals surface area contributed by atoms with Crippen LogP contribution >= 0.6 is 0 Å². The molecule has 3 heteroatoms. The molecule has 0 aliphatic heterocycles. The fourth-order valence-corrected chi connectivity index (χ4v) is 1.10. The molecule has 0 aliphatic rings. The Hall–Kier alpha value is -0.900. The van der Waals surface area contributed by atoms with Crippen LogP contribution in [0.5, 0.6) is 0 Å². The number of nitrogens with two attached hydrogens (primary N) is 2. The monoisotopic (exact) mass is 180 g/mol. The molecule has 0 amide bonds. The molecule has 0 fully saturated rings. The fourth-order valence-electron chi connectivity index (χ4n) is 1.10. The SMILES string of the molecule is CC(O)C(N)(N)Cc1ccccc1. The summed E-state index contributed by atoms with van der Waals surface area (Å²) < 4.78 is 0. The summed E-state index contributed by atoms with van der Waals surface area (Å²) in [6.07, 6.45) is -0.237. The van der Waals surface area contributed by atoms with Crippen LogP contribution in [0.3, 0.4) is 0 Å². The van der Waals surface area contributed by atoms with Crippen molar-refractivity contribution in [2.75, 3.05) is 0 Å². The Bertz CT molecular complexity index is 257. The third-order valence-corrected chi connectivity index (χ3v) is 2.13. The van der Waals surface area contributed by atoms with Gasteiger partial charge in [-0.3, -0.25) is 0 Å². The molecule has 0 bridgehead atoms. The molecule has 0 aromatic heterocycles. The Labute approximate surface area is 78.4 Å². The molecule has 1 unspecified atom stereocenters. The fraction of sp³-hybridized carbons (Fsp3) is 0.400. The van der Waals surface area contributed by atoms with Gasteiger partial charge in [0.2, 0.25) is 0 Å². The zero-order valence-electron chi connectivity index (χ0n) is 7.77. The number of aliphatic hydroxyl groups excluding tert-OH is 1. The van der Waals surface area contributed by atoms with Crippen molar-refractivity contribution in [3.63, 3.8) is 0 Å². The van der Waals surface area contributed by atoms with Crippen molar-refractivity contribution in [2.24, 2.45) is 11.5 Å². The molecule has 1 aromatic carbocycles. The molecule has 0 aliphatic carbocycles. The van der Waals surface area contributed by atoms with Crippen LogP contribution in [0, 0.1) is 0 Å². The predicted octanol–water partition coefficient (Wildman–Crippen LogP) is 0.224. The predicted molar refractivity (Wildman–Crippen MR) is 52.9 cm³/mol. The largest absolute Gasteiger partial charge is 0.390 e. The summed E-state index contributed by atoms with van der Waals surface area (Å²) in [5.74, 6) is 0. The first-order valence-electron chi connectivity index (χ1n) is 4.32. The van der Waals surface area contributed by atoms with Gasteiger partial charge in [0.05, 0.1) is 11.8 Å². The van der Waals surface area contributed by atoms with Crippen LogP contribution < -0.4 is 11.5 Å². The van der Waals surface area contributed by atoms with Gasteiger partial charge in [-0.05, 0) is 12.5 Å². The van der Waals surface area contributed by atoms with Crippen molar-refractivity contribution in [3.05, 3.63) is 35.9 Å². The number of rotatable bonds is 3. The van der Waals surface area contributed by atoms with Gasteiger partial charge in [-0.25, -0.2) is 0 Å². The average Bonchev–Trinajstić information content (AvgIpc) is 2.05. The lowest BCUT2D eigenvalue weighted by Gasteiger charge is -2.27. The lowest BCUT2D eigenvalue weighted by Crippen LogP contribution is -2.59. The summed E-state index contributed by atoms with van der Waals surface area (Å²) in [5, 5.41) is 9.29. The molecule has 0 heterocycles. The molecule has 1 atom stereocenters. The Balaban J connectivity index is 2.69. The van der Waals surface area contributed by atoms with Crippen LogP contribution in [0.2, 0.25) is 0 Å². The van der Waals surface area contributed by atoms with E-state index in [1.54, 1.807) is 6.92 Å². The second-order valence-corrected chi connectivity index (χ2v) is 3.45. The molecule has 72 valence electrons. The van der Waals surface area contributed by atoms with Gasteiger partial charge >= 0.3 is 0 Å². The zero-order valence-corrected chi connectivity index (χ0v) is 7.77. The summed E-state index contributed by atoms with van der Waals surface area (Å²) >= 11 is 0. The average molecular weight is 180 g/mol. The van der Waals surface area contributed by atoms with E-state index in [4.69, 9.17) is 11.5 Å². The molecule has 0 saturated heterocycles. The zero-order chi connectivity index (χ0) is 9.90. The highest BCUT2D eigenvalue weighted by Crippen LogP contribution is 2.09. The van der Waals surface area contributed by atoms with E-state index in [0.29, 0.717) is 6.42 Å². The summed E-state index contributed by atoms with van der Waals surface area (Å²) in [6.45, 7) is 1.60. The molecule has 0 radical (unpaired) electrons. The first kappa shape index (κ1) is 10.2. The standard InChI is InChI=1S/C10H16N2O/c1-8(13)10(11,12)7-9-5-3-2-4-6-9/h2-6,8,13H,7,11-12H2,1H3. The highest BCUT2D eigenvalue weighted by Gasteiger charge is 2.25. The van der Waals surface area contributed by atoms with E-state index in [0.717, 1.165) is 5.56 Å². The maximum atomic E-state index is 9.29. The molecule has 0 spiro atoms. The van der Waals surface area contributed by atoms with Crippen molar-refractivity contribution in [1.82, 2.24) is 0 Å². The van der Waals surface area contributed by atoms with Crippen molar-refractivity contribution >= 4 is 0 Å². The number of hydrogen-bond acceptors (Lipinski definition) is 3. The second-order valence-electron chi connectivity index (χ2n) is 3.45. The third-order valence-electron chi connectivity index (χ3n) is 2.13. The van der Waals surface area contributed by atoms with Gasteiger partial charge in [0.1, 0.15) is 0 Å². The molecule has 3 nitrogen and oxygen atoms in total. The Kier molecular flexibility index (Phi) is 3.03. The third kappa shape index (κ3) is 2.81. The molecular weight excluding hydrogens is 164 g/mol. The quantitative estimate of drug-likeness (QED) is 0.583. The maximum Gasteiger partial charge on any atom is 0.0941 e. The summed E-state index contributed by atoms with van der Waals surface area (Å²) in [6, 6.07) is 9.66. The van der Waals surface area contributed by atoms with Crippen LogP contribution in [-0.4, -0.2) is 16.9 Å². The topological polar surface area (TPSA) is 72.3 Å². The van der Waals surface area contributed by atoms with Gasteiger partial charge in [-0.1, -0.05) is 30.3 Å². The van der Waals surface area contributed by atoms with E-state index in [9.17, 15) is 5.11 Å². The maximum absolute atomic E-state index is 9.29. The highest BCUT2D eigenvalue weighted by atomic mass is 16.3. The van der Waals surface area contributed by atoms with Crippen LogP contribution in [0.15, 0.2) is 30.3 Å². The molecule has 13 heavy (non-hydrogen) atoms. The first-order chi connectivity index (χ1) is 6.02. The molecule has 0 saturated carbocycles. The minimum atomic E-state index is -1.04. The smallest absolute Gasteiger partial charge is 0.0941 e.